The SMILES string of the molecule is CC1=NN(c2ccccc2)C(=O)/C1=C/c1cc(Cl)ccc1OCc1ccc(C)cc1. The Morgan fingerprint density at radius 2 is 1.73 bits per heavy atom. The summed E-state index contributed by atoms with van der Waals surface area (Å²) in [6, 6.07) is 23.0. The van der Waals surface area contributed by atoms with E-state index in [1.54, 1.807) is 18.2 Å². The van der Waals surface area contributed by atoms with Gasteiger partial charge in [-0.3, -0.25) is 4.79 Å². The number of carbonyl (C=O) groups excluding carboxylic acids is 1. The molecule has 1 amide bonds. The van der Waals surface area contributed by atoms with Gasteiger partial charge in [0.15, 0.2) is 0 Å². The van der Waals surface area contributed by atoms with Crippen LogP contribution in [-0.2, 0) is 11.4 Å². The van der Waals surface area contributed by atoms with Crippen molar-refractivity contribution in [3.05, 3.63) is 100 Å². The summed E-state index contributed by atoms with van der Waals surface area (Å²) in [7, 11) is 0. The zero-order valence-corrected chi connectivity index (χ0v) is 17.6. The standard InChI is InChI=1S/C25H21ClN2O2/c1-17-8-10-19(11-9-17)16-30-24-13-12-21(26)14-20(24)15-23-18(2)27-28(25(23)29)22-6-4-3-5-7-22/h3-15H,16H2,1-2H3/b23-15+. The molecule has 0 fully saturated rings. The second kappa shape index (κ2) is 8.56. The average Bonchev–Trinajstić information content (AvgIpc) is 3.03. The number of rotatable bonds is 5. The molecule has 4 rings (SSSR count). The molecule has 0 aromatic heterocycles. The lowest BCUT2D eigenvalue weighted by atomic mass is 10.1. The molecule has 0 saturated carbocycles. The number of aryl methyl sites for hydroxylation is 1. The van der Waals surface area contributed by atoms with Gasteiger partial charge in [0.25, 0.3) is 5.91 Å². The van der Waals surface area contributed by atoms with Gasteiger partial charge in [0.05, 0.1) is 17.0 Å². The van der Waals surface area contributed by atoms with Crippen molar-refractivity contribution in [3.8, 4) is 5.75 Å². The maximum atomic E-state index is 13.0. The number of hydrazone groups is 1. The van der Waals surface area contributed by atoms with Gasteiger partial charge < -0.3 is 4.74 Å². The van der Waals surface area contributed by atoms with E-state index in [0.29, 0.717) is 28.7 Å². The van der Waals surface area contributed by atoms with E-state index in [0.717, 1.165) is 16.8 Å². The van der Waals surface area contributed by atoms with Crippen LogP contribution in [0.25, 0.3) is 6.08 Å². The maximum Gasteiger partial charge on any atom is 0.280 e. The number of hydrogen-bond donors (Lipinski definition) is 0. The lowest BCUT2D eigenvalue weighted by Crippen LogP contribution is -2.21. The Balaban J connectivity index is 1.61. The van der Waals surface area contributed by atoms with Crippen molar-refractivity contribution in [2.45, 2.75) is 20.5 Å². The van der Waals surface area contributed by atoms with Gasteiger partial charge in [-0.2, -0.15) is 10.1 Å². The van der Waals surface area contributed by atoms with Gasteiger partial charge in [0.1, 0.15) is 12.4 Å². The summed E-state index contributed by atoms with van der Waals surface area (Å²) in [5.41, 5.74) is 4.90. The van der Waals surface area contributed by atoms with Crippen LogP contribution in [0.4, 0.5) is 5.69 Å². The molecule has 5 heteroatoms. The maximum absolute atomic E-state index is 13.0. The Hall–Kier alpha value is -3.37. The molecule has 150 valence electrons. The first-order valence-corrected chi connectivity index (χ1v) is 10.0. The molecule has 4 nitrogen and oxygen atoms in total. The Labute approximate surface area is 181 Å². The minimum absolute atomic E-state index is 0.178. The second-order valence-corrected chi connectivity index (χ2v) is 7.59. The van der Waals surface area contributed by atoms with Crippen molar-refractivity contribution in [3.63, 3.8) is 0 Å². The van der Waals surface area contributed by atoms with Crippen LogP contribution in [0.1, 0.15) is 23.6 Å². The third kappa shape index (κ3) is 4.29. The molecule has 3 aromatic carbocycles. The van der Waals surface area contributed by atoms with Crippen LogP contribution in [0, 0.1) is 6.92 Å². The lowest BCUT2D eigenvalue weighted by Gasteiger charge is -2.12. The molecule has 0 N–H and O–H groups in total. The van der Waals surface area contributed by atoms with Crippen LogP contribution in [-0.4, -0.2) is 11.6 Å². The second-order valence-electron chi connectivity index (χ2n) is 7.15. The van der Waals surface area contributed by atoms with E-state index in [9.17, 15) is 4.79 Å². The fraction of sp³-hybridized carbons (Fsp3) is 0.120. The van der Waals surface area contributed by atoms with E-state index in [-0.39, 0.29) is 5.91 Å². The summed E-state index contributed by atoms with van der Waals surface area (Å²) < 4.78 is 6.04. The highest BCUT2D eigenvalue weighted by Gasteiger charge is 2.28. The van der Waals surface area contributed by atoms with Crippen molar-refractivity contribution < 1.29 is 9.53 Å². The van der Waals surface area contributed by atoms with Gasteiger partial charge in [-0.15, -0.1) is 0 Å². The highest BCUT2D eigenvalue weighted by atomic mass is 35.5. The minimum Gasteiger partial charge on any atom is -0.488 e. The van der Waals surface area contributed by atoms with Crippen molar-refractivity contribution >= 4 is 35.0 Å². The molecule has 1 aliphatic rings. The normalized spacial score (nSPS) is 14.9. The highest BCUT2D eigenvalue weighted by Crippen LogP contribution is 2.30. The third-order valence-corrected chi connectivity index (χ3v) is 5.09. The summed E-state index contributed by atoms with van der Waals surface area (Å²) in [6.07, 6.45) is 1.79. The Bertz CT molecular complexity index is 1140. The third-order valence-electron chi connectivity index (χ3n) is 4.85. The Morgan fingerprint density at radius 1 is 1.00 bits per heavy atom. The van der Waals surface area contributed by atoms with Crippen LogP contribution in [0.3, 0.4) is 0 Å². The van der Waals surface area contributed by atoms with E-state index >= 15 is 0 Å². The van der Waals surface area contributed by atoms with Crippen LogP contribution in [0.5, 0.6) is 5.75 Å². The fourth-order valence-corrected chi connectivity index (χ4v) is 3.37. The number of nitrogens with zero attached hydrogens (tertiary/aromatic N) is 2. The van der Waals surface area contributed by atoms with Crippen molar-refractivity contribution in [1.29, 1.82) is 0 Å². The van der Waals surface area contributed by atoms with Gasteiger partial charge in [-0.05, 0) is 55.8 Å². The lowest BCUT2D eigenvalue weighted by molar-refractivity contribution is -0.114. The summed E-state index contributed by atoms with van der Waals surface area (Å²) in [5, 5.41) is 6.42. The number of hydrogen-bond acceptors (Lipinski definition) is 3. The number of anilines is 1. The molecule has 1 aliphatic heterocycles. The topological polar surface area (TPSA) is 41.9 Å². The Kier molecular flexibility index (Phi) is 5.68. The molecule has 0 atom stereocenters. The van der Waals surface area contributed by atoms with E-state index < -0.39 is 0 Å². The zero-order valence-electron chi connectivity index (χ0n) is 16.8. The van der Waals surface area contributed by atoms with Gasteiger partial charge >= 0.3 is 0 Å². The first-order chi connectivity index (χ1) is 14.5. The van der Waals surface area contributed by atoms with Crippen LogP contribution in [0.15, 0.2) is 83.5 Å². The van der Waals surface area contributed by atoms with Gasteiger partial charge in [-0.25, -0.2) is 0 Å². The molecule has 1 heterocycles. The molecule has 0 spiro atoms. The first-order valence-electron chi connectivity index (χ1n) is 9.66. The molecule has 0 aliphatic carbocycles. The molecule has 0 saturated heterocycles. The predicted octanol–water partition coefficient (Wildman–Crippen LogP) is 6.03. The predicted molar refractivity (Wildman–Crippen MR) is 122 cm³/mol. The number of ether oxygens (including phenoxy) is 1. The van der Waals surface area contributed by atoms with Gasteiger partial charge in [-0.1, -0.05) is 59.6 Å². The minimum atomic E-state index is -0.178. The molecule has 0 unspecified atom stereocenters. The van der Waals surface area contributed by atoms with Crippen LogP contribution in [0.2, 0.25) is 5.02 Å². The van der Waals surface area contributed by atoms with Crippen molar-refractivity contribution in [1.82, 2.24) is 0 Å². The largest absolute Gasteiger partial charge is 0.488 e. The molecular formula is C25H21ClN2O2. The van der Waals surface area contributed by atoms with Crippen molar-refractivity contribution in [2.75, 3.05) is 5.01 Å². The first kappa shape index (κ1) is 19.9. The monoisotopic (exact) mass is 416 g/mol. The van der Waals surface area contributed by atoms with Crippen LogP contribution < -0.4 is 9.75 Å². The van der Waals surface area contributed by atoms with E-state index in [1.807, 2.05) is 55.5 Å². The van der Waals surface area contributed by atoms with E-state index in [4.69, 9.17) is 16.3 Å². The zero-order chi connectivity index (χ0) is 21.1. The van der Waals surface area contributed by atoms with Gasteiger partial charge in [0.2, 0.25) is 0 Å². The fourth-order valence-electron chi connectivity index (χ4n) is 3.19. The van der Waals surface area contributed by atoms with Crippen molar-refractivity contribution in [2.24, 2.45) is 5.10 Å². The van der Waals surface area contributed by atoms with E-state index in [2.05, 4.69) is 24.2 Å². The summed E-state index contributed by atoms with van der Waals surface area (Å²) >= 11 is 6.22. The number of carbonyl (C=O) groups is 1. The van der Waals surface area contributed by atoms with Crippen LogP contribution >= 0.6 is 11.6 Å². The molecule has 0 radical (unpaired) electrons. The average molecular weight is 417 g/mol. The molecular weight excluding hydrogens is 396 g/mol. The molecule has 30 heavy (non-hydrogen) atoms. The number of amides is 1. The highest BCUT2D eigenvalue weighted by molar-refractivity contribution is 6.33. The van der Waals surface area contributed by atoms with Gasteiger partial charge in [0, 0.05) is 10.6 Å². The smallest absolute Gasteiger partial charge is 0.280 e. The quantitative estimate of drug-likeness (QED) is 0.476. The van der Waals surface area contributed by atoms with E-state index in [1.165, 1.54) is 10.6 Å². The molecule has 0 bridgehead atoms. The number of halogens is 1. The number of benzene rings is 3. The molecule has 3 aromatic rings. The summed E-state index contributed by atoms with van der Waals surface area (Å²) in [6.45, 7) is 4.30. The summed E-state index contributed by atoms with van der Waals surface area (Å²) in [4.78, 5) is 13.0. The number of para-hydroxylation sites is 1. The summed E-state index contributed by atoms with van der Waals surface area (Å²) in [5.74, 6) is 0.481. The Morgan fingerprint density at radius 3 is 2.47 bits per heavy atom.